The van der Waals surface area contributed by atoms with Gasteiger partial charge in [-0.3, -0.25) is 0 Å². The molecule has 0 aromatic carbocycles. The standard InChI is InChI=1S/3C12H23N.3C5H10O2/c3*1-3-7-11(8-4-1)13-12-9-5-2-6-10-12;3*1-2-3-4-5(6)7/h3*11-13H,1-10H2;3*2-4H2,1H3,(H,6,7). The molecule has 6 aliphatic rings. The van der Waals surface area contributed by atoms with Crippen LogP contribution in [0.25, 0.3) is 0 Å². The molecule has 6 saturated carbocycles. The highest BCUT2D eigenvalue weighted by Gasteiger charge is 2.25. The van der Waals surface area contributed by atoms with E-state index in [1.54, 1.807) is 0 Å². The SMILES string of the molecule is C1CCC([NH2+]C2CCCCC2)CC1.C1CCC([NH2+]C2CCCCC2)CC1.C1CCC([NH2+]C2CCCCC2)CC1.CCCCC(=O)[O-].CCCCC(=O)[O-].CCCCC(=O)[O-]. The van der Waals surface area contributed by atoms with Gasteiger partial charge in [0.1, 0.15) is 0 Å². The van der Waals surface area contributed by atoms with Crippen LogP contribution < -0.4 is 31.3 Å². The van der Waals surface area contributed by atoms with Gasteiger partial charge in [-0.05, 0) is 193 Å². The maximum Gasteiger partial charge on any atom is 0.0861 e. The summed E-state index contributed by atoms with van der Waals surface area (Å²) in [6, 6.07) is 5.98. The highest BCUT2D eigenvalue weighted by molar-refractivity contribution is 5.64. The average Bonchev–Trinajstić information content (AvgIpc) is 3.27. The summed E-state index contributed by atoms with van der Waals surface area (Å²) in [4.78, 5) is 28.9. The van der Waals surface area contributed by atoms with Crippen LogP contribution in [0, 0.1) is 0 Å². The highest BCUT2D eigenvalue weighted by atomic mass is 16.4. The Hall–Kier alpha value is -1.71. The average molecular weight is 850 g/mol. The van der Waals surface area contributed by atoms with Crippen LogP contribution in [0.3, 0.4) is 0 Å². The number of hydrogen-bond acceptors (Lipinski definition) is 6. The maximum absolute atomic E-state index is 9.65. The Bertz CT molecular complexity index is 806. The van der Waals surface area contributed by atoms with Crippen molar-refractivity contribution in [3.8, 4) is 0 Å². The predicted octanol–water partition coefficient (Wildman–Crippen LogP) is 6.43. The Morgan fingerprint density at radius 1 is 0.317 bits per heavy atom. The molecule has 0 atom stereocenters. The van der Waals surface area contributed by atoms with Crippen LogP contribution in [-0.2, 0) is 14.4 Å². The van der Waals surface area contributed by atoms with Gasteiger partial charge in [0.15, 0.2) is 0 Å². The molecule has 0 amide bonds. The Labute approximate surface area is 369 Å². The number of carbonyl (C=O) groups is 3. The number of carboxylic acids is 3. The van der Waals surface area contributed by atoms with Crippen molar-refractivity contribution >= 4 is 17.9 Å². The Morgan fingerprint density at radius 2 is 0.467 bits per heavy atom. The summed E-state index contributed by atoms with van der Waals surface area (Å²) in [5.41, 5.74) is 0. The van der Waals surface area contributed by atoms with E-state index in [9.17, 15) is 29.7 Å². The van der Waals surface area contributed by atoms with E-state index in [-0.39, 0.29) is 19.3 Å². The van der Waals surface area contributed by atoms with Crippen molar-refractivity contribution in [1.82, 2.24) is 0 Å². The lowest BCUT2D eigenvalue weighted by Crippen LogP contribution is -2.95. The van der Waals surface area contributed by atoms with Gasteiger partial charge in [0.25, 0.3) is 0 Å². The van der Waals surface area contributed by atoms with Crippen LogP contribution in [-0.4, -0.2) is 54.2 Å². The second-order valence-electron chi connectivity index (χ2n) is 19.4. The molecule has 0 saturated heterocycles. The maximum atomic E-state index is 9.65. The van der Waals surface area contributed by atoms with Gasteiger partial charge in [0, 0.05) is 17.9 Å². The fourth-order valence-corrected chi connectivity index (χ4v) is 10.1. The molecule has 9 heteroatoms. The molecule has 6 aliphatic carbocycles. The lowest BCUT2D eigenvalue weighted by Gasteiger charge is -2.27. The number of rotatable bonds is 15. The minimum Gasteiger partial charge on any atom is -0.550 e. The lowest BCUT2D eigenvalue weighted by atomic mass is 9.91. The lowest BCUT2D eigenvalue weighted by molar-refractivity contribution is -0.726. The Morgan fingerprint density at radius 3 is 0.567 bits per heavy atom. The van der Waals surface area contributed by atoms with Gasteiger partial charge in [-0.15, -0.1) is 0 Å². The van der Waals surface area contributed by atoms with E-state index >= 15 is 0 Å². The zero-order valence-corrected chi connectivity index (χ0v) is 39.7. The van der Waals surface area contributed by atoms with E-state index in [0.29, 0.717) is 0 Å². The zero-order chi connectivity index (χ0) is 43.9. The van der Waals surface area contributed by atoms with Crippen molar-refractivity contribution in [2.24, 2.45) is 0 Å². The first-order valence-electron chi connectivity index (χ1n) is 26.3. The Kier molecular flexibility index (Phi) is 37.6. The third-order valence-electron chi connectivity index (χ3n) is 13.7. The smallest absolute Gasteiger partial charge is 0.0861 e. The van der Waals surface area contributed by atoms with Crippen LogP contribution in [0.15, 0.2) is 0 Å². The predicted molar refractivity (Wildman–Crippen MR) is 241 cm³/mol. The quantitative estimate of drug-likeness (QED) is 0.172. The molecule has 0 aromatic rings. The molecule has 6 N–H and O–H groups in total. The summed E-state index contributed by atoms with van der Waals surface area (Å²) in [5.74, 6) is -2.83. The van der Waals surface area contributed by atoms with Gasteiger partial charge >= 0.3 is 0 Å². The van der Waals surface area contributed by atoms with E-state index in [4.69, 9.17) is 0 Å². The van der Waals surface area contributed by atoms with Crippen molar-refractivity contribution in [2.45, 2.75) is 307 Å². The minimum absolute atomic E-state index is 0.205. The van der Waals surface area contributed by atoms with Gasteiger partial charge in [-0.1, -0.05) is 78.6 Å². The van der Waals surface area contributed by atoms with Gasteiger partial charge in [0.2, 0.25) is 0 Å². The summed E-state index contributed by atoms with van der Waals surface area (Å²) in [5, 5.41) is 37.1. The van der Waals surface area contributed by atoms with Crippen LogP contribution in [0.1, 0.15) is 271 Å². The fraction of sp³-hybridized carbons (Fsp3) is 0.941. The molecule has 60 heavy (non-hydrogen) atoms. The third kappa shape index (κ3) is 34.8. The topological polar surface area (TPSA) is 170 Å². The summed E-state index contributed by atoms with van der Waals surface area (Å²) < 4.78 is 0. The van der Waals surface area contributed by atoms with Gasteiger partial charge in [-0.2, -0.15) is 0 Å². The molecule has 0 bridgehead atoms. The number of nitrogens with two attached hydrogens (primary N) is 3. The molecule has 0 aliphatic heterocycles. The number of quaternary nitrogens is 3. The molecule has 0 radical (unpaired) electrons. The van der Waals surface area contributed by atoms with Crippen LogP contribution in [0.5, 0.6) is 0 Å². The van der Waals surface area contributed by atoms with E-state index in [0.717, 1.165) is 74.8 Å². The largest absolute Gasteiger partial charge is 0.550 e. The van der Waals surface area contributed by atoms with E-state index in [1.807, 2.05) is 20.8 Å². The monoisotopic (exact) mass is 850 g/mol. The minimum atomic E-state index is -0.943. The summed E-state index contributed by atoms with van der Waals surface area (Å²) in [7, 11) is 0. The van der Waals surface area contributed by atoms with Crippen LogP contribution >= 0.6 is 0 Å². The van der Waals surface area contributed by atoms with E-state index in [2.05, 4.69) is 16.0 Å². The fourth-order valence-electron chi connectivity index (χ4n) is 10.1. The first-order valence-corrected chi connectivity index (χ1v) is 26.3. The molecule has 0 heterocycles. The van der Waals surface area contributed by atoms with Crippen molar-refractivity contribution in [3.05, 3.63) is 0 Å². The molecule has 0 spiro atoms. The molecule has 0 aromatic heterocycles. The normalized spacial score (nSPS) is 21.1. The molecule has 0 unspecified atom stereocenters. The number of aliphatic carboxylic acids is 3. The molecule has 6 rings (SSSR count). The first-order chi connectivity index (χ1) is 29.2. The van der Waals surface area contributed by atoms with Gasteiger partial charge in [0.05, 0.1) is 36.3 Å². The highest BCUT2D eigenvalue weighted by Crippen LogP contribution is 2.21. The van der Waals surface area contributed by atoms with Crippen LogP contribution in [0.4, 0.5) is 0 Å². The van der Waals surface area contributed by atoms with Crippen molar-refractivity contribution in [1.29, 1.82) is 0 Å². The van der Waals surface area contributed by atoms with Crippen molar-refractivity contribution < 1.29 is 45.7 Å². The van der Waals surface area contributed by atoms with Crippen LogP contribution in [0.2, 0.25) is 0 Å². The number of carbonyl (C=O) groups excluding carboxylic acids is 3. The second kappa shape index (κ2) is 40.1. The summed E-state index contributed by atoms with van der Waals surface area (Å²) >= 11 is 0. The molecular formula is C51H99N3O6. The zero-order valence-electron chi connectivity index (χ0n) is 39.7. The summed E-state index contributed by atoms with van der Waals surface area (Å²) in [6.07, 6.45) is 50.5. The van der Waals surface area contributed by atoms with E-state index < -0.39 is 17.9 Å². The second-order valence-corrected chi connectivity index (χ2v) is 19.4. The number of carboxylic acid groups (broad SMARTS) is 3. The molecule has 9 nitrogen and oxygen atoms in total. The Balaban J connectivity index is 0.000000370. The molecule has 354 valence electrons. The molecule has 6 fully saturated rings. The van der Waals surface area contributed by atoms with E-state index in [1.165, 1.54) is 193 Å². The number of hydrogen-bond donors (Lipinski definition) is 3. The van der Waals surface area contributed by atoms with Gasteiger partial charge < -0.3 is 45.7 Å². The van der Waals surface area contributed by atoms with Gasteiger partial charge in [-0.25, -0.2) is 0 Å². The number of unbranched alkanes of at least 4 members (excludes halogenated alkanes) is 3. The summed E-state index contributed by atoms with van der Waals surface area (Å²) in [6.45, 7) is 5.84. The van der Waals surface area contributed by atoms with Crippen molar-refractivity contribution in [2.75, 3.05) is 0 Å². The molecular weight excluding hydrogens is 751 g/mol. The first kappa shape index (κ1) is 56.3. The third-order valence-corrected chi connectivity index (χ3v) is 13.7. The van der Waals surface area contributed by atoms with Crippen molar-refractivity contribution in [3.63, 3.8) is 0 Å².